The van der Waals surface area contributed by atoms with Gasteiger partial charge in [0.15, 0.2) is 0 Å². The molecular weight excluding hydrogens is 991 g/mol. The third-order valence-corrected chi connectivity index (χ3v) is 17.6. The highest BCUT2D eigenvalue weighted by atomic mass is 79.9. The Kier molecular flexibility index (Phi) is 13.8. The van der Waals surface area contributed by atoms with Crippen LogP contribution in [0.4, 0.5) is 0 Å². The number of alkyl halides is 9. The maximum Gasteiger partial charge on any atom is 0.672 e. The lowest BCUT2D eigenvalue weighted by atomic mass is 9.67. The second kappa shape index (κ2) is 12.9. The number of hydrogen-bond donors (Lipinski definition) is 3. The molecule has 0 heterocycles. The van der Waals surface area contributed by atoms with E-state index >= 15 is 0 Å². The van der Waals surface area contributed by atoms with Crippen LogP contribution in [0.1, 0.15) is 19.3 Å². The predicted molar refractivity (Wildman–Crippen MR) is 155 cm³/mol. The lowest BCUT2D eigenvalue weighted by molar-refractivity contribution is -0.0506. The van der Waals surface area contributed by atoms with Crippen molar-refractivity contribution in [3.8, 4) is 0 Å². The minimum Gasteiger partial charge on any atom is -0.368 e. The van der Waals surface area contributed by atoms with Crippen LogP contribution in [0, 0.1) is 0 Å². The summed E-state index contributed by atoms with van der Waals surface area (Å²) in [5, 5.41) is 2.04. The highest BCUT2D eigenvalue weighted by Gasteiger charge is 2.67. The molecule has 1 rings (SSSR count). The van der Waals surface area contributed by atoms with Gasteiger partial charge < -0.3 is 18.8 Å². The van der Waals surface area contributed by atoms with E-state index in [1.54, 1.807) is 0 Å². The fraction of sp³-hybridized carbons (Fsp3) is 0.867. The second-order valence-corrected chi connectivity index (χ2v) is 17.8. The van der Waals surface area contributed by atoms with Crippen LogP contribution in [-0.4, -0.2) is 73.0 Å². The molecule has 29 heavy (non-hydrogen) atoms. The van der Waals surface area contributed by atoms with Crippen molar-refractivity contribution in [2.24, 2.45) is 0 Å². The van der Waals surface area contributed by atoms with E-state index < -0.39 is 23.3 Å². The average Bonchev–Trinajstić information content (AvgIpc) is 2.62. The maximum absolute atomic E-state index is 9.99. The van der Waals surface area contributed by atoms with E-state index in [1.165, 1.54) is 0 Å². The van der Waals surface area contributed by atoms with Crippen LogP contribution in [0.2, 0.25) is 0 Å². The van der Waals surface area contributed by atoms with E-state index in [-0.39, 0.29) is 19.3 Å². The highest BCUT2D eigenvalue weighted by molar-refractivity contribution is 9.14. The van der Waals surface area contributed by atoms with Gasteiger partial charge in [-0.1, -0.05) is 156 Å². The Morgan fingerprint density at radius 3 is 1.76 bits per heavy atom. The summed E-state index contributed by atoms with van der Waals surface area (Å²) in [7, 11) is -4.88. The van der Waals surface area contributed by atoms with Crippen LogP contribution in [0.25, 0.3) is 0 Å². The first-order chi connectivity index (χ1) is 13.2. The van der Waals surface area contributed by atoms with Gasteiger partial charge in [0.05, 0.1) is 14.2 Å². The van der Waals surface area contributed by atoms with Crippen molar-refractivity contribution in [2.75, 3.05) is 16.0 Å². The van der Waals surface area contributed by atoms with E-state index in [9.17, 15) is 14.4 Å². The van der Waals surface area contributed by atoms with Gasteiger partial charge in [0.25, 0.3) is 0 Å². The topological polar surface area (TPSA) is 69.9 Å². The maximum atomic E-state index is 9.99. The number of allylic oxidation sites excluding steroid dienone is 1. The summed E-state index contributed by atoms with van der Waals surface area (Å²) in [4.78, 5) is 30.0. The zero-order valence-electron chi connectivity index (χ0n) is 14.9. The van der Waals surface area contributed by atoms with Crippen molar-refractivity contribution in [1.29, 1.82) is 0 Å². The van der Waals surface area contributed by atoms with E-state index in [1.807, 2.05) is 12.2 Å². The average molecular weight is 1010 g/mol. The third kappa shape index (κ3) is 7.80. The molecule has 0 bridgehead atoms. The standard InChI is InChI=1S/C15H21Br9O4Si/c16-6-9(19)3-13(28-29(25,26)27)2-1-12(22)14(23,4-10(20)7-17)15(13,24)5-11(21)8-18/h1-2,9-12,25-27H,3-8H2. The molecule has 3 N–H and O–H groups in total. The quantitative estimate of drug-likeness (QED) is 0.128. The molecule has 1 aliphatic rings. The normalized spacial score (nSPS) is 36.1. The van der Waals surface area contributed by atoms with Gasteiger partial charge in [-0.2, -0.15) is 0 Å². The second-order valence-electron chi connectivity index (χ2n) is 6.86. The molecule has 0 saturated carbocycles. The first kappa shape index (κ1) is 31.1. The summed E-state index contributed by atoms with van der Waals surface area (Å²) in [6, 6.07) is 0. The number of hydrogen-bond acceptors (Lipinski definition) is 4. The molecule has 0 saturated heterocycles. The van der Waals surface area contributed by atoms with Gasteiger partial charge in [0.1, 0.15) is 0 Å². The monoisotopic (exact) mass is 1000 g/mol. The Morgan fingerprint density at radius 1 is 0.862 bits per heavy atom. The summed E-state index contributed by atoms with van der Waals surface area (Å²) in [5.74, 6) is 0. The summed E-state index contributed by atoms with van der Waals surface area (Å²) in [6.45, 7) is 0. The van der Waals surface area contributed by atoms with Crippen molar-refractivity contribution in [2.45, 2.75) is 52.8 Å². The van der Waals surface area contributed by atoms with Gasteiger partial charge in [-0.15, -0.1) is 0 Å². The largest absolute Gasteiger partial charge is 0.672 e. The van der Waals surface area contributed by atoms with Crippen LogP contribution in [0.5, 0.6) is 0 Å². The summed E-state index contributed by atoms with van der Waals surface area (Å²) in [6.07, 6.45) is 5.38. The molecule has 0 spiro atoms. The van der Waals surface area contributed by atoms with E-state index in [2.05, 4.69) is 143 Å². The Morgan fingerprint density at radius 2 is 1.31 bits per heavy atom. The van der Waals surface area contributed by atoms with E-state index in [0.29, 0.717) is 29.9 Å². The van der Waals surface area contributed by atoms with Gasteiger partial charge in [-0.05, 0) is 19.3 Å². The van der Waals surface area contributed by atoms with E-state index in [4.69, 9.17) is 4.43 Å². The first-order valence-electron chi connectivity index (χ1n) is 8.39. The Hall–Kier alpha value is 4.12. The molecule has 7 unspecified atom stereocenters. The lowest BCUT2D eigenvalue weighted by Gasteiger charge is -2.59. The molecular formula is C15H21Br9O4Si. The molecule has 0 aromatic carbocycles. The van der Waals surface area contributed by atoms with Crippen molar-refractivity contribution >= 4 is 152 Å². The minimum atomic E-state index is -4.88. The molecule has 0 amide bonds. The highest BCUT2D eigenvalue weighted by Crippen LogP contribution is 2.61. The fourth-order valence-electron chi connectivity index (χ4n) is 3.46. The minimum absolute atomic E-state index is 0.0438. The van der Waals surface area contributed by atoms with Gasteiger partial charge in [-0.3, -0.25) is 0 Å². The summed E-state index contributed by atoms with van der Waals surface area (Å²) in [5.41, 5.74) is -1.22. The Labute approximate surface area is 248 Å². The molecule has 4 nitrogen and oxygen atoms in total. The lowest BCUT2D eigenvalue weighted by Crippen LogP contribution is -2.71. The van der Waals surface area contributed by atoms with Crippen LogP contribution in [0.15, 0.2) is 12.2 Å². The van der Waals surface area contributed by atoms with Crippen molar-refractivity contribution in [3.05, 3.63) is 12.2 Å². The molecule has 7 atom stereocenters. The predicted octanol–water partition coefficient (Wildman–Crippen LogP) is 6.40. The van der Waals surface area contributed by atoms with Crippen LogP contribution in [0.3, 0.4) is 0 Å². The van der Waals surface area contributed by atoms with Gasteiger partial charge in [-0.25, -0.2) is 0 Å². The summed E-state index contributed by atoms with van der Waals surface area (Å²) >= 11 is 33.4. The SMILES string of the molecule is O[Si](O)(O)OC1(CC(Br)CBr)C=CC(Br)C(Br)(CC(Br)CBr)C1(Br)CC(Br)CBr. The van der Waals surface area contributed by atoms with Crippen molar-refractivity contribution < 1.29 is 18.8 Å². The molecule has 0 fully saturated rings. The zero-order chi connectivity index (χ0) is 22.7. The fourth-order valence-corrected chi connectivity index (χ4v) is 10.7. The van der Waals surface area contributed by atoms with Gasteiger partial charge in [0.2, 0.25) is 0 Å². The van der Waals surface area contributed by atoms with Gasteiger partial charge in [0, 0.05) is 35.3 Å². The first-order valence-corrected chi connectivity index (χ1v) is 18.7. The molecule has 14 heteroatoms. The van der Waals surface area contributed by atoms with Crippen molar-refractivity contribution in [3.63, 3.8) is 0 Å². The molecule has 0 aromatic heterocycles. The molecule has 1 aliphatic carbocycles. The zero-order valence-corrected chi connectivity index (χ0v) is 30.1. The Bertz CT molecular complexity index is 568. The third-order valence-electron chi connectivity index (χ3n) is 4.67. The van der Waals surface area contributed by atoms with Crippen molar-refractivity contribution in [1.82, 2.24) is 0 Å². The molecule has 0 aromatic rings. The van der Waals surface area contributed by atoms with Crippen LogP contribution < -0.4 is 0 Å². The Balaban J connectivity index is 3.73. The van der Waals surface area contributed by atoms with Crippen LogP contribution >= 0.6 is 143 Å². The van der Waals surface area contributed by atoms with E-state index in [0.717, 1.165) is 5.33 Å². The molecule has 172 valence electrons. The smallest absolute Gasteiger partial charge is 0.368 e. The van der Waals surface area contributed by atoms with Gasteiger partial charge >= 0.3 is 9.05 Å². The number of halogens is 9. The molecule has 0 aliphatic heterocycles. The summed E-state index contributed by atoms with van der Waals surface area (Å²) < 4.78 is 4.32. The molecule has 0 radical (unpaired) electrons. The number of rotatable bonds is 11. The van der Waals surface area contributed by atoms with Crippen LogP contribution in [-0.2, 0) is 4.43 Å².